The number of aryl methyl sites for hydroxylation is 2. The van der Waals surface area contributed by atoms with Gasteiger partial charge in [0.2, 0.25) is 21.8 Å². The van der Waals surface area contributed by atoms with Crippen LogP contribution in [0, 0.1) is 6.92 Å². The largest absolute Gasteiger partial charge is 0.357 e. The molecule has 2 amide bonds. The highest BCUT2D eigenvalue weighted by Gasteiger charge is 2.32. The van der Waals surface area contributed by atoms with Crippen LogP contribution in [0.5, 0.6) is 0 Å². The molecule has 0 heterocycles. The van der Waals surface area contributed by atoms with Crippen molar-refractivity contribution in [3.8, 4) is 0 Å². The fraction of sp³-hybridized carbons (Fsp3) is 0.310. The standard InChI is InChI=1S/C29H35N3O4S/c1-5-23-15-17-26(18-16-23)32(37(4,35)36)21-28(33)31(20-25-14-10-9-11-22(25)2)27(29(34)30-3)19-24-12-7-6-8-13-24/h6-18,27H,5,19-21H2,1-4H3,(H,30,34)/t27-/m1/s1. The number of amides is 2. The molecule has 0 unspecified atom stereocenters. The number of sulfonamides is 1. The highest BCUT2D eigenvalue weighted by Crippen LogP contribution is 2.22. The van der Waals surface area contributed by atoms with Crippen LogP contribution in [0.4, 0.5) is 5.69 Å². The van der Waals surface area contributed by atoms with Gasteiger partial charge < -0.3 is 10.2 Å². The van der Waals surface area contributed by atoms with Gasteiger partial charge >= 0.3 is 0 Å². The van der Waals surface area contributed by atoms with Crippen molar-refractivity contribution in [3.05, 3.63) is 101 Å². The molecule has 1 N–H and O–H groups in total. The zero-order valence-electron chi connectivity index (χ0n) is 21.8. The number of likely N-dealkylation sites (N-methyl/N-ethyl adjacent to an activating group) is 1. The van der Waals surface area contributed by atoms with Crippen LogP contribution in [0.1, 0.15) is 29.2 Å². The van der Waals surface area contributed by atoms with Crippen LogP contribution in [0.15, 0.2) is 78.9 Å². The first kappa shape index (κ1) is 27.9. The van der Waals surface area contributed by atoms with Gasteiger partial charge in [0, 0.05) is 20.0 Å². The van der Waals surface area contributed by atoms with Gasteiger partial charge in [-0.15, -0.1) is 0 Å². The molecule has 8 heteroatoms. The summed E-state index contributed by atoms with van der Waals surface area (Å²) >= 11 is 0. The predicted molar refractivity (Wildman–Crippen MR) is 148 cm³/mol. The molecule has 0 saturated carbocycles. The average molecular weight is 522 g/mol. The second kappa shape index (κ2) is 12.5. The van der Waals surface area contributed by atoms with Crippen molar-refractivity contribution in [2.75, 3.05) is 24.2 Å². The van der Waals surface area contributed by atoms with E-state index in [4.69, 9.17) is 0 Å². The Morgan fingerprint density at radius 2 is 1.51 bits per heavy atom. The lowest BCUT2D eigenvalue weighted by molar-refractivity contribution is -0.139. The third kappa shape index (κ3) is 7.43. The molecule has 37 heavy (non-hydrogen) atoms. The van der Waals surface area contributed by atoms with E-state index in [1.807, 2.05) is 80.6 Å². The van der Waals surface area contributed by atoms with Crippen LogP contribution >= 0.6 is 0 Å². The monoisotopic (exact) mass is 521 g/mol. The minimum absolute atomic E-state index is 0.169. The van der Waals surface area contributed by atoms with Gasteiger partial charge in [-0.25, -0.2) is 8.42 Å². The fourth-order valence-electron chi connectivity index (χ4n) is 4.20. The van der Waals surface area contributed by atoms with E-state index >= 15 is 0 Å². The molecular weight excluding hydrogens is 486 g/mol. The Labute approximate surface area is 220 Å². The Morgan fingerprint density at radius 1 is 0.892 bits per heavy atom. The average Bonchev–Trinajstić information content (AvgIpc) is 2.89. The first-order chi connectivity index (χ1) is 17.6. The lowest BCUT2D eigenvalue weighted by atomic mass is 10.0. The summed E-state index contributed by atoms with van der Waals surface area (Å²) in [6.45, 7) is 3.71. The van der Waals surface area contributed by atoms with Crippen molar-refractivity contribution in [2.45, 2.75) is 39.3 Å². The highest BCUT2D eigenvalue weighted by atomic mass is 32.2. The van der Waals surface area contributed by atoms with E-state index in [9.17, 15) is 18.0 Å². The molecule has 0 saturated heterocycles. The number of anilines is 1. The van der Waals surface area contributed by atoms with Gasteiger partial charge in [-0.2, -0.15) is 0 Å². The molecule has 3 rings (SSSR count). The molecule has 0 fully saturated rings. The van der Waals surface area contributed by atoms with E-state index < -0.39 is 28.5 Å². The number of carbonyl (C=O) groups excluding carboxylic acids is 2. The van der Waals surface area contributed by atoms with E-state index in [1.54, 1.807) is 12.1 Å². The van der Waals surface area contributed by atoms with E-state index in [0.29, 0.717) is 12.1 Å². The Hall–Kier alpha value is -3.65. The second-order valence-electron chi connectivity index (χ2n) is 9.06. The third-order valence-corrected chi connectivity index (χ3v) is 7.57. The molecule has 0 aliphatic rings. The maximum Gasteiger partial charge on any atom is 0.244 e. The maximum atomic E-state index is 13.9. The molecule has 0 radical (unpaired) electrons. The van der Waals surface area contributed by atoms with Gasteiger partial charge in [-0.3, -0.25) is 13.9 Å². The van der Waals surface area contributed by atoms with Crippen LogP contribution in [0.3, 0.4) is 0 Å². The van der Waals surface area contributed by atoms with Gasteiger partial charge in [0.1, 0.15) is 12.6 Å². The Morgan fingerprint density at radius 3 is 2.08 bits per heavy atom. The summed E-state index contributed by atoms with van der Waals surface area (Å²) in [6, 6.07) is 23.4. The van der Waals surface area contributed by atoms with Crippen LogP contribution < -0.4 is 9.62 Å². The Balaban J connectivity index is 2.02. The lowest BCUT2D eigenvalue weighted by Gasteiger charge is -2.33. The molecular formula is C29H35N3O4S. The zero-order valence-corrected chi connectivity index (χ0v) is 22.7. The van der Waals surface area contributed by atoms with Crippen LogP contribution in [0.2, 0.25) is 0 Å². The van der Waals surface area contributed by atoms with E-state index in [1.165, 1.54) is 11.9 Å². The summed E-state index contributed by atoms with van der Waals surface area (Å²) in [7, 11) is -2.24. The van der Waals surface area contributed by atoms with E-state index in [0.717, 1.165) is 39.2 Å². The molecule has 0 spiro atoms. The summed E-state index contributed by atoms with van der Waals surface area (Å²) < 4.78 is 26.7. The first-order valence-electron chi connectivity index (χ1n) is 12.3. The van der Waals surface area contributed by atoms with Crippen molar-refractivity contribution in [2.24, 2.45) is 0 Å². The molecule has 0 bridgehead atoms. The molecule has 0 aromatic heterocycles. The molecule has 3 aromatic rings. The molecule has 196 valence electrons. The number of hydrogen-bond donors (Lipinski definition) is 1. The minimum Gasteiger partial charge on any atom is -0.357 e. The Bertz CT molecular complexity index is 1310. The molecule has 0 aliphatic heterocycles. The second-order valence-corrected chi connectivity index (χ2v) is 11.0. The quantitative estimate of drug-likeness (QED) is 0.417. The molecule has 0 aliphatic carbocycles. The van der Waals surface area contributed by atoms with E-state index in [-0.39, 0.29) is 12.5 Å². The fourth-order valence-corrected chi connectivity index (χ4v) is 5.05. The van der Waals surface area contributed by atoms with E-state index in [2.05, 4.69) is 5.32 Å². The maximum absolute atomic E-state index is 13.9. The van der Waals surface area contributed by atoms with Gasteiger partial charge in [0.15, 0.2) is 0 Å². The van der Waals surface area contributed by atoms with Crippen molar-refractivity contribution in [3.63, 3.8) is 0 Å². The zero-order chi connectivity index (χ0) is 27.0. The smallest absolute Gasteiger partial charge is 0.244 e. The minimum atomic E-state index is -3.77. The van der Waals surface area contributed by atoms with Crippen molar-refractivity contribution < 1.29 is 18.0 Å². The summed E-state index contributed by atoms with van der Waals surface area (Å²) in [5.74, 6) is -0.776. The summed E-state index contributed by atoms with van der Waals surface area (Å²) in [4.78, 5) is 28.5. The number of hydrogen-bond acceptors (Lipinski definition) is 4. The molecule has 3 aromatic carbocycles. The van der Waals surface area contributed by atoms with Crippen LogP contribution in [-0.2, 0) is 39.0 Å². The third-order valence-electron chi connectivity index (χ3n) is 6.43. The normalized spacial score (nSPS) is 12.0. The summed E-state index contributed by atoms with van der Waals surface area (Å²) in [5.41, 5.74) is 4.23. The summed E-state index contributed by atoms with van der Waals surface area (Å²) in [6.07, 6.45) is 2.19. The number of rotatable bonds is 11. The lowest BCUT2D eigenvalue weighted by Crippen LogP contribution is -2.53. The molecule has 1 atom stereocenters. The number of nitrogens with one attached hydrogen (secondary N) is 1. The van der Waals surface area contributed by atoms with Crippen molar-refractivity contribution >= 4 is 27.5 Å². The predicted octanol–water partition coefficient (Wildman–Crippen LogP) is 3.71. The van der Waals surface area contributed by atoms with Gasteiger partial charge in [-0.1, -0.05) is 73.7 Å². The topological polar surface area (TPSA) is 86.8 Å². The van der Waals surface area contributed by atoms with Crippen molar-refractivity contribution in [1.29, 1.82) is 0 Å². The summed E-state index contributed by atoms with van der Waals surface area (Å²) in [5, 5.41) is 2.68. The van der Waals surface area contributed by atoms with Gasteiger partial charge in [-0.05, 0) is 47.7 Å². The van der Waals surface area contributed by atoms with Crippen LogP contribution in [-0.4, -0.2) is 51.0 Å². The van der Waals surface area contributed by atoms with Crippen molar-refractivity contribution in [1.82, 2.24) is 10.2 Å². The first-order valence-corrected chi connectivity index (χ1v) is 14.1. The number of benzene rings is 3. The SMILES string of the molecule is CCc1ccc(N(CC(=O)N(Cc2ccccc2C)[C@H](Cc2ccccc2)C(=O)NC)S(C)(=O)=O)cc1. The van der Waals surface area contributed by atoms with Gasteiger partial charge in [0.05, 0.1) is 11.9 Å². The highest BCUT2D eigenvalue weighted by molar-refractivity contribution is 7.92. The number of nitrogens with zero attached hydrogens (tertiary/aromatic N) is 2. The Kier molecular flexibility index (Phi) is 9.47. The number of carbonyl (C=O) groups is 2. The molecule has 7 nitrogen and oxygen atoms in total. The van der Waals surface area contributed by atoms with Gasteiger partial charge in [0.25, 0.3) is 0 Å². The van der Waals surface area contributed by atoms with Crippen LogP contribution in [0.25, 0.3) is 0 Å².